The number of rotatable bonds is 9. The molecule has 1 aromatic rings. The number of ether oxygens (including phenoxy) is 1. The van der Waals surface area contributed by atoms with E-state index in [-0.39, 0.29) is 18.8 Å². The molecule has 0 aromatic heterocycles. The molecule has 0 spiro atoms. The van der Waals surface area contributed by atoms with Gasteiger partial charge in [0.05, 0.1) is 6.61 Å². The van der Waals surface area contributed by atoms with Crippen LogP contribution in [0.5, 0.6) is 0 Å². The Hall–Kier alpha value is -0.980. The van der Waals surface area contributed by atoms with Crippen molar-refractivity contribution >= 4 is 29.7 Å². The van der Waals surface area contributed by atoms with Crippen molar-refractivity contribution < 1.29 is 28.0 Å². The summed E-state index contributed by atoms with van der Waals surface area (Å²) >= 11 is 3.23. The van der Waals surface area contributed by atoms with Crippen molar-refractivity contribution in [3.05, 3.63) is 48.0 Å². The highest BCUT2D eigenvalue weighted by Crippen LogP contribution is 2.48. The van der Waals surface area contributed by atoms with E-state index >= 15 is 0 Å². The van der Waals surface area contributed by atoms with E-state index in [0.717, 1.165) is 5.56 Å². The summed E-state index contributed by atoms with van der Waals surface area (Å²) in [6, 6.07) is 8.99. The van der Waals surface area contributed by atoms with Gasteiger partial charge in [0, 0.05) is 10.9 Å². The minimum absolute atomic E-state index is 0.163. The molecule has 0 saturated heterocycles. The van der Waals surface area contributed by atoms with Crippen LogP contribution in [0.15, 0.2) is 42.5 Å². The van der Waals surface area contributed by atoms with Gasteiger partial charge in [-0.1, -0.05) is 52.8 Å². The van der Waals surface area contributed by atoms with Crippen LogP contribution >= 0.6 is 23.8 Å². The van der Waals surface area contributed by atoms with Crippen LogP contribution in [0.4, 0.5) is 0 Å². The molecule has 122 valence electrons. The molecule has 0 aliphatic rings. The summed E-state index contributed by atoms with van der Waals surface area (Å²) in [6.45, 7) is 4.50. The molecule has 1 N–H and O–H groups in total. The number of phosphoric ester groups is 1. The summed E-state index contributed by atoms with van der Waals surface area (Å²) in [5, 5.41) is 0.329. The average molecular weight is 393 g/mol. The Bertz CT molecular complexity index is 548. The topological polar surface area (TPSA) is 82.1 Å². The maximum Gasteiger partial charge on any atom is 0.472 e. The highest BCUT2D eigenvalue weighted by atomic mass is 79.9. The lowest BCUT2D eigenvalue weighted by Gasteiger charge is -2.19. The molecule has 22 heavy (non-hydrogen) atoms. The first-order valence-electron chi connectivity index (χ1n) is 6.45. The van der Waals surface area contributed by atoms with Crippen molar-refractivity contribution in [2.24, 2.45) is 0 Å². The summed E-state index contributed by atoms with van der Waals surface area (Å²) < 4.78 is 26.5. The van der Waals surface area contributed by atoms with E-state index in [0.29, 0.717) is 5.33 Å². The molecular weight excluding hydrogens is 375 g/mol. The van der Waals surface area contributed by atoms with Crippen molar-refractivity contribution in [1.29, 1.82) is 0 Å². The lowest BCUT2D eigenvalue weighted by atomic mass is 10.1. The summed E-state index contributed by atoms with van der Waals surface area (Å²) in [6.07, 6.45) is -0.630. The third-order valence-corrected chi connectivity index (χ3v) is 4.11. The van der Waals surface area contributed by atoms with Crippen LogP contribution in [-0.2, 0) is 23.1 Å². The molecule has 8 heteroatoms. The van der Waals surface area contributed by atoms with Gasteiger partial charge >= 0.3 is 13.8 Å². The van der Waals surface area contributed by atoms with Gasteiger partial charge in [-0.25, -0.2) is 9.36 Å². The molecule has 0 saturated carbocycles. The number of benzene rings is 1. The second kappa shape index (κ2) is 9.22. The number of esters is 1. The standard InChI is InChI=1S/C14H18BrO6P/c1-11(2)14(16)19-8-9-20-22(17,18)21-13(10-15)12-6-4-3-5-7-12/h3-7,13H,1,8-10H2,2H3,(H,17,18). The molecule has 0 aliphatic carbocycles. The summed E-state index contributed by atoms with van der Waals surface area (Å²) in [5.41, 5.74) is 0.984. The average Bonchev–Trinajstić information content (AvgIpc) is 2.49. The van der Waals surface area contributed by atoms with E-state index < -0.39 is 19.9 Å². The molecule has 0 aliphatic heterocycles. The Morgan fingerprint density at radius 3 is 2.55 bits per heavy atom. The Kier molecular flexibility index (Phi) is 8.00. The molecule has 0 radical (unpaired) electrons. The van der Waals surface area contributed by atoms with Gasteiger partial charge in [0.2, 0.25) is 0 Å². The molecule has 2 unspecified atom stereocenters. The fourth-order valence-electron chi connectivity index (χ4n) is 1.45. The van der Waals surface area contributed by atoms with E-state index in [1.54, 1.807) is 24.3 Å². The van der Waals surface area contributed by atoms with Crippen LogP contribution in [0.1, 0.15) is 18.6 Å². The molecular formula is C14H18BrO6P. The van der Waals surface area contributed by atoms with E-state index in [1.807, 2.05) is 6.07 Å². The van der Waals surface area contributed by atoms with E-state index in [2.05, 4.69) is 22.5 Å². The molecule has 0 heterocycles. The lowest BCUT2D eigenvalue weighted by molar-refractivity contribution is -0.139. The molecule has 1 rings (SSSR count). The van der Waals surface area contributed by atoms with E-state index in [9.17, 15) is 14.3 Å². The van der Waals surface area contributed by atoms with Crippen molar-refractivity contribution in [2.75, 3.05) is 18.5 Å². The SMILES string of the molecule is C=C(C)C(=O)OCCOP(=O)(O)OC(CBr)c1ccccc1. The van der Waals surface area contributed by atoms with Crippen LogP contribution in [0.3, 0.4) is 0 Å². The highest BCUT2D eigenvalue weighted by molar-refractivity contribution is 9.09. The predicted octanol–water partition coefficient (Wildman–Crippen LogP) is 3.38. The van der Waals surface area contributed by atoms with Gasteiger partial charge in [-0.3, -0.25) is 9.05 Å². The first-order chi connectivity index (χ1) is 10.4. The van der Waals surface area contributed by atoms with Gasteiger partial charge in [0.15, 0.2) is 0 Å². The van der Waals surface area contributed by atoms with Gasteiger partial charge in [-0.05, 0) is 12.5 Å². The molecule has 0 amide bonds. The highest BCUT2D eigenvalue weighted by Gasteiger charge is 2.27. The second-order valence-corrected chi connectivity index (χ2v) is 6.43. The van der Waals surface area contributed by atoms with Crippen LogP contribution in [0.2, 0.25) is 0 Å². The van der Waals surface area contributed by atoms with Gasteiger partial charge < -0.3 is 9.63 Å². The fourth-order valence-corrected chi connectivity index (χ4v) is 3.04. The third-order valence-electron chi connectivity index (χ3n) is 2.49. The third kappa shape index (κ3) is 6.85. The van der Waals surface area contributed by atoms with Crippen molar-refractivity contribution in [2.45, 2.75) is 13.0 Å². The molecule has 1 aromatic carbocycles. The fraction of sp³-hybridized carbons (Fsp3) is 0.357. The van der Waals surface area contributed by atoms with E-state index in [1.165, 1.54) is 6.92 Å². The number of carbonyl (C=O) groups excluding carboxylic acids is 1. The lowest BCUT2D eigenvalue weighted by Crippen LogP contribution is -2.12. The number of phosphoric acid groups is 1. The van der Waals surface area contributed by atoms with Crippen molar-refractivity contribution in [1.82, 2.24) is 0 Å². The van der Waals surface area contributed by atoms with Gasteiger partial charge in [0.1, 0.15) is 12.7 Å². The number of alkyl halides is 1. The Morgan fingerprint density at radius 2 is 2.00 bits per heavy atom. The Morgan fingerprint density at radius 1 is 1.36 bits per heavy atom. The zero-order valence-corrected chi connectivity index (χ0v) is 14.6. The van der Waals surface area contributed by atoms with Crippen LogP contribution in [0.25, 0.3) is 0 Å². The normalized spacial score (nSPS) is 14.9. The number of halogens is 1. The molecule has 2 atom stereocenters. The zero-order chi connectivity index (χ0) is 16.6. The minimum atomic E-state index is -4.26. The largest absolute Gasteiger partial charge is 0.472 e. The number of hydrogen-bond donors (Lipinski definition) is 1. The summed E-state index contributed by atoms with van der Waals surface area (Å²) in [4.78, 5) is 20.8. The number of hydrogen-bond acceptors (Lipinski definition) is 5. The molecule has 0 bridgehead atoms. The molecule has 0 fully saturated rings. The van der Waals surface area contributed by atoms with Gasteiger partial charge in [-0.15, -0.1) is 0 Å². The maximum absolute atomic E-state index is 11.9. The summed E-state index contributed by atoms with van der Waals surface area (Å²) in [5.74, 6) is -0.583. The predicted molar refractivity (Wildman–Crippen MR) is 85.6 cm³/mol. The van der Waals surface area contributed by atoms with Crippen LogP contribution in [-0.4, -0.2) is 29.4 Å². The van der Waals surface area contributed by atoms with Crippen LogP contribution in [0, 0.1) is 0 Å². The zero-order valence-electron chi connectivity index (χ0n) is 12.1. The van der Waals surface area contributed by atoms with Gasteiger partial charge in [-0.2, -0.15) is 0 Å². The van der Waals surface area contributed by atoms with E-state index in [4.69, 9.17) is 13.8 Å². The minimum Gasteiger partial charge on any atom is -0.460 e. The second-order valence-electron chi connectivity index (χ2n) is 4.38. The Balaban J connectivity index is 2.47. The van der Waals surface area contributed by atoms with Crippen molar-refractivity contribution in [3.8, 4) is 0 Å². The first kappa shape index (κ1) is 19.1. The molecule has 6 nitrogen and oxygen atoms in total. The quantitative estimate of drug-likeness (QED) is 0.228. The summed E-state index contributed by atoms with van der Waals surface area (Å²) in [7, 11) is -4.26. The maximum atomic E-state index is 11.9. The first-order valence-corrected chi connectivity index (χ1v) is 9.06. The van der Waals surface area contributed by atoms with Crippen molar-refractivity contribution in [3.63, 3.8) is 0 Å². The number of carbonyl (C=O) groups is 1. The smallest absolute Gasteiger partial charge is 0.460 e. The van der Waals surface area contributed by atoms with Crippen LogP contribution < -0.4 is 0 Å². The Labute approximate surface area is 137 Å². The van der Waals surface area contributed by atoms with Gasteiger partial charge in [0.25, 0.3) is 0 Å². The monoisotopic (exact) mass is 392 g/mol.